The summed E-state index contributed by atoms with van der Waals surface area (Å²) in [6, 6.07) is 8.61. The van der Waals surface area contributed by atoms with Gasteiger partial charge in [0.1, 0.15) is 5.75 Å². The predicted molar refractivity (Wildman–Crippen MR) is 86.2 cm³/mol. The summed E-state index contributed by atoms with van der Waals surface area (Å²) in [5.41, 5.74) is 7.63. The molecule has 1 rings (SSSR count). The first-order valence-electron chi connectivity index (χ1n) is 7.82. The zero-order valence-electron chi connectivity index (χ0n) is 13.4. The zero-order valence-corrected chi connectivity index (χ0v) is 13.4. The van der Waals surface area contributed by atoms with E-state index < -0.39 is 0 Å². The second-order valence-corrected chi connectivity index (χ2v) is 5.24. The molecule has 114 valence electrons. The summed E-state index contributed by atoms with van der Waals surface area (Å²) in [5.74, 6) is 0.941. The number of likely N-dealkylation sites (N-methyl/N-ethyl adjacent to an activating group) is 1. The molecule has 0 heterocycles. The summed E-state index contributed by atoms with van der Waals surface area (Å²) in [4.78, 5) is 2.48. The van der Waals surface area contributed by atoms with Crippen LogP contribution in [0.5, 0.6) is 5.75 Å². The maximum atomic E-state index is 6.42. The quantitative estimate of drug-likeness (QED) is 0.750. The molecule has 20 heavy (non-hydrogen) atoms. The molecule has 3 heteroatoms. The van der Waals surface area contributed by atoms with Crippen LogP contribution in [0.3, 0.4) is 0 Å². The average Bonchev–Trinajstić information content (AvgIpc) is 2.50. The Bertz CT molecular complexity index is 381. The molecule has 2 atom stereocenters. The van der Waals surface area contributed by atoms with E-state index in [-0.39, 0.29) is 12.1 Å². The maximum Gasteiger partial charge on any atom is 0.123 e. The fourth-order valence-electron chi connectivity index (χ4n) is 2.69. The van der Waals surface area contributed by atoms with E-state index in [4.69, 9.17) is 10.5 Å². The van der Waals surface area contributed by atoms with Crippen molar-refractivity contribution in [2.24, 2.45) is 5.73 Å². The lowest BCUT2D eigenvalue weighted by Crippen LogP contribution is -2.41. The van der Waals surface area contributed by atoms with Crippen LogP contribution in [0.1, 0.15) is 51.6 Å². The highest BCUT2D eigenvalue weighted by atomic mass is 16.5. The number of benzene rings is 1. The Kier molecular flexibility index (Phi) is 7.63. The van der Waals surface area contributed by atoms with Gasteiger partial charge in [0.25, 0.3) is 0 Å². The number of methoxy groups -OCH3 is 1. The van der Waals surface area contributed by atoms with Crippen molar-refractivity contribution in [2.75, 3.05) is 20.2 Å². The number of nitrogens with zero attached hydrogens (tertiary/aromatic N) is 1. The van der Waals surface area contributed by atoms with E-state index in [0.717, 1.165) is 25.3 Å². The van der Waals surface area contributed by atoms with Crippen LogP contribution in [0.25, 0.3) is 0 Å². The van der Waals surface area contributed by atoms with Crippen LogP contribution < -0.4 is 10.5 Å². The molecule has 0 saturated heterocycles. The highest BCUT2D eigenvalue weighted by Crippen LogP contribution is 2.32. The molecule has 0 fully saturated rings. The molecule has 0 aromatic heterocycles. The first-order chi connectivity index (χ1) is 9.69. The Hall–Kier alpha value is -1.06. The standard InChI is InChI=1S/C17H30N2O/c1-5-8-13-19(7-3)17(15(18)6-2)14-11-9-10-12-16(14)20-4/h9-12,15,17H,5-8,13,18H2,1-4H3. The van der Waals surface area contributed by atoms with Crippen molar-refractivity contribution in [3.8, 4) is 5.75 Å². The summed E-state index contributed by atoms with van der Waals surface area (Å²) in [6.45, 7) is 8.69. The zero-order chi connectivity index (χ0) is 15.0. The molecule has 2 unspecified atom stereocenters. The van der Waals surface area contributed by atoms with Gasteiger partial charge in [0, 0.05) is 11.6 Å². The Morgan fingerprint density at radius 3 is 2.45 bits per heavy atom. The van der Waals surface area contributed by atoms with E-state index >= 15 is 0 Å². The Labute approximate surface area is 124 Å². The molecule has 0 bridgehead atoms. The van der Waals surface area contributed by atoms with Gasteiger partial charge in [0.05, 0.1) is 13.2 Å². The molecule has 0 aliphatic rings. The van der Waals surface area contributed by atoms with Gasteiger partial charge in [-0.3, -0.25) is 4.90 Å². The summed E-state index contributed by atoms with van der Waals surface area (Å²) >= 11 is 0. The molecule has 0 aliphatic heterocycles. The van der Waals surface area contributed by atoms with E-state index in [1.54, 1.807) is 7.11 Å². The Morgan fingerprint density at radius 1 is 1.20 bits per heavy atom. The third-order valence-corrected chi connectivity index (χ3v) is 3.93. The topological polar surface area (TPSA) is 38.5 Å². The Morgan fingerprint density at radius 2 is 1.90 bits per heavy atom. The van der Waals surface area contributed by atoms with Gasteiger partial charge in [-0.1, -0.05) is 45.4 Å². The van der Waals surface area contributed by atoms with Crippen LogP contribution in [0.4, 0.5) is 0 Å². The minimum Gasteiger partial charge on any atom is -0.496 e. The maximum absolute atomic E-state index is 6.42. The largest absolute Gasteiger partial charge is 0.496 e. The number of ether oxygens (including phenoxy) is 1. The molecule has 0 amide bonds. The molecule has 1 aromatic carbocycles. The van der Waals surface area contributed by atoms with Gasteiger partial charge in [-0.2, -0.15) is 0 Å². The van der Waals surface area contributed by atoms with E-state index in [0.29, 0.717) is 0 Å². The fourth-order valence-corrected chi connectivity index (χ4v) is 2.69. The van der Waals surface area contributed by atoms with E-state index in [9.17, 15) is 0 Å². The third-order valence-electron chi connectivity index (χ3n) is 3.93. The molecule has 0 saturated carbocycles. The monoisotopic (exact) mass is 278 g/mol. The van der Waals surface area contributed by atoms with Gasteiger partial charge in [-0.05, 0) is 32.0 Å². The number of hydrogen-bond donors (Lipinski definition) is 1. The molecule has 0 radical (unpaired) electrons. The second-order valence-electron chi connectivity index (χ2n) is 5.24. The van der Waals surface area contributed by atoms with Crippen LogP contribution in [-0.2, 0) is 0 Å². The number of para-hydroxylation sites is 1. The number of unbranched alkanes of at least 4 members (excludes halogenated alkanes) is 1. The van der Waals surface area contributed by atoms with Crippen molar-refractivity contribution in [3.05, 3.63) is 29.8 Å². The van der Waals surface area contributed by atoms with Crippen molar-refractivity contribution in [2.45, 2.75) is 52.1 Å². The van der Waals surface area contributed by atoms with Crippen LogP contribution in [0, 0.1) is 0 Å². The number of hydrogen-bond acceptors (Lipinski definition) is 3. The first-order valence-corrected chi connectivity index (χ1v) is 7.82. The van der Waals surface area contributed by atoms with E-state index in [2.05, 4.69) is 37.8 Å². The van der Waals surface area contributed by atoms with Crippen LogP contribution in [-0.4, -0.2) is 31.1 Å². The summed E-state index contributed by atoms with van der Waals surface area (Å²) < 4.78 is 5.54. The van der Waals surface area contributed by atoms with Gasteiger partial charge in [0.15, 0.2) is 0 Å². The SMILES string of the molecule is CCCCN(CC)C(c1ccccc1OC)C(N)CC. The highest BCUT2D eigenvalue weighted by molar-refractivity contribution is 5.36. The molecular weight excluding hydrogens is 248 g/mol. The lowest BCUT2D eigenvalue weighted by atomic mass is 9.95. The summed E-state index contributed by atoms with van der Waals surface area (Å²) in [6.07, 6.45) is 3.37. The van der Waals surface area contributed by atoms with Gasteiger partial charge in [-0.15, -0.1) is 0 Å². The predicted octanol–water partition coefficient (Wildman–Crippen LogP) is 3.60. The van der Waals surface area contributed by atoms with Crippen molar-refractivity contribution >= 4 is 0 Å². The second kappa shape index (κ2) is 8.98. The molecule has 0 aliphatic carbocycles. The van der Waals surface area contributed by atoms with Crippen molar-refractivity contribution in [1.29, 1.82) is 0 Å². The van der Waals surface area contributed by atoms with Gasteiger partial charge in [0.2, 0.25) is 0 Å². The summed E-state index contributed by atoms with van der Waals surface area (Å²) in [7, 11) is 1.73. The third kappa shape index (κ3) is 4.22. The van der Waals surface area contributed by atoms with Crippen LogP contribution in [0.2, 0.25) is 0 Å². The average molecular weight is 278 g/mol. The lowest BCUT2D eigenvalue weighted by Gasteiger charge is -2.35. The highest BCUT2D eigenvalue weighted by Gasteiger charge is 2.26. The molecular formula is C17H30N2O. The van der Waals surface area contributed by atoms with Crippen LogP contribution >= 0.6 is 0 Å². The van der Waals surface area contributed by atoms with Crippen LogP contribution in [0.15, 0.2) is 24.3 Å². The fraction of sp³-hybridized carbons (Fsp3) is 0.647. The smallest absolute Gasteiger partial charge is 0.123 e. The van der Waals surface area contributed by atoms with Gasteiger partial charge in [-0.25, -0.2) is 0 Å². The summed E-state index contributed by atoms with van der Waals surface area (Å²) in [5, 5.41) is 0. The van der Waals surface area contributed by atoms with Crippen molar-refractivity contribution in [3.63, 3.8) is 0 Å². The minimum atomic E-state index is 0.128. The van der Waals surface area contributed by atoms with E-state index in [1.165, 1.54) is 18.4 Å². The van der Waals surface area contributed by atoms with E-state index in [1.807, 2.05) is 12.1 Å². The van der Waals surface area contributed by atoms with Crippen molar-refractivity contribution < 1.29 is 4.74 Å². The normalized spacial score (nSPS) is 14.3. The molecule has 1 aromatic rings. The lowest BCUT2D eigenvalue weighted by molar-refractivity contribution is 0.172. The molecule has 3 nitrogen and oxygen atoms in total. The molecule has 0 spiro atoms. The van der Waals surface area contributed by atoms with Crippen molar-refractivity contribution in [1.82, 2.24) is 4.90 Å². The number of nitrogens with two attached hydrogens (primary N) is 1. The first kappa shape index (κ1) is 17.0. The molecule has 2 N–H and O–H groups in total. The van der Waals surface area contributed by atoms with Gasteiger partial charge < -0.3 is 10.5 Å². The minimum absolute atomic E-state index is 0.128. The Balaban J connectivity index is 3.09. The number of rotatable bonds is 9. The van der Waals surface area contributed by atoms with Gasteiger partial charge >= 0.3 is 0 Å².